The van der Waals surface area contributed by atoms with Crippen molar-refractivity contribution < 1.29 is 28.6 Å². The number of ether oxygens (including phenoxy) is 3. The van der Waals surface area contributed by atoms with E-state index >= 15 is 0 Å². The molecule has 0 aliphatic rings. The highest BCUT2D eigenvalue weighted by molar-refractivity contribution is 5.72. The lowest BCUT2D eigenvalue weighted by molar-refractivity contribution is -0.166. The molecule has 0 heterocycles. The summed E-state index contributed by atoms with van der Waals surface area (Å²) in [4.78, 5) is 37.7. The molecule has 0 aromatic rings. The minimum atomic E-state index is -0.800. The summed E-state index contributed by atoms with van der Waals surface area (Å²) >= 11 is 0. The molecule has 0 rings (SSSR count). The highest BCUT2D eigenvalue weighted by atomic mass is 16.6. The third-order valence-electron chi connectivity index (χ3n) is 11.2. The van der Waals surface area contributed by atoms with Crippen molar-refractivity contribution in [3.8, 4) is 0 Å². The zero-order valence-electron chi connectivity index (χ0n) is 39.3. The van der Waals surface area contributed by atoms with Gasteiger partial charge in [0.15, 0.2) is 6.10 Å². The van der Waals surface area contributed by atoms with Crippen molar-refractivity contribution >= 4 is 17.9 Å². The van der Waals surface area contributed by atoms with Gasteiger partial charge in [0.25, 0.3) is 0 Å². The van der Waals surface area contributed by atoms with E-state index in [1.54, 1.807) is 6.08 Å². The highest BCUT2D eigenvalue weighted by Gasteiger charge is 2.19. The fourth-order valence-electron chi connectivity index (χ4n) is 7.39. The van der Waals surface area contributed by atoms with Crippen LogP contribution in [0, 0.1) is 0 Å². The summed E-state index contributed by atoms with van der Waals surface area (Å²) in [7, 11) is 0. The van der Waals surface area contributed by atoms with Crippen LogP contribution in [0.4, 0.5) is 0 Å². The first-order valence-electron chi connectivity index (χ1n) is 25.5. The van der Waals surface area contributed by atoms with Crippen LogP contribution in [0.3, 0.4) is 0 Å². The van der Waals surface area contributed by atoms with Crippen molar-refractivity contribution in [2.75, 3.05) is 13.2 Å². The number of hydrogen-bond donors (Lipinski definition) is 0. The number of carbonyl (C=O) groups is 3. The van der Waals surface area contributed by atoms with Gasteiger partial charge in [-0.15, -0.1) is 0 Å². The number of carbonyl (C=O) groups excluding carboxylic acids is 3. The van der Waals surface area contributed by atoms with Gasteiger partial charge in [-0.1, -0.05) is 250 Å². The highest BCUT2D eigenvalue weighted by Crippen LogP contribution is 2.16. The summed E-state index contributed by atoms with van der Waals surface area (Å²) in [5.41, 5.74) is 0. The maximum Gasteiger partial charge on any atom is 0.309 e. The lowest BCUT2D eigenvalue weighted by Gasteiger charge is -2.18. The Balaban J connectivity index is 4.28. The molecule has 344 valence electrons. The van der Waals surface area contributed by atoms with Gasteiger partial charge in [0.2, 0.25) is 0 Å². The maximum absolute atomic E-state index is 12.7. The van der Waals surface area contributed by atoms with Gasteiger partial charge in [0.1, 0.15) is 13.2 Å². The molecule has 1 atom stereocenters. The fraction of sp³-hybridized carbons (Fsp3) is 0.830. The van der Waals surface area contributed by atoms with Crippen LogP contribution in [0.2, 0.25) is 0 Å². The molecule has 59 heavy (non-hydrogen) atoms. The second kappa shape index (κ2) is 48.3. The predicted octanol–water partition coefficient (Wildman–Crippen LogP) is 16.5. The Hall–Kier alpha value is -2.37. The molecule has 1 unspecified atom stereocenters. The van der Waals surface area contributed by atoms with Gasteiger partial charge in [-0.3, -0.25) is 14.4 Å². The van der Waals surface area contributed by atoms with Crippen LogP contribution in [0.25, 0.3) is 0 Å². The van der Waals surface area contributed by atoms with E-state index in [9.17, 15) is 14.4 Å². The summed E-state index contributed by atoms with van der Waals surface area (Å²) in [6.07, 6.45) is 56.0. The Morgan fingerprint density at radius 3 is 1.03 bits per heavy atom. The van der Waals surface area contributed by atoms with E-state index < -0.39 is 12.1 Å². The third-order valence-corrected chi connectivity index (χ3v) is 11.2. The quantitative estimate of drug-likeness (QED) is 0.0263. The third kappa shape index (κ3) is 46.5. The average molecular weight is 829 g/mol. The molecule has 0 fully saturated rings. The number of unbranched alkanes of at least 4 members (excludes halogenated alkanes) is 30. The number of esters is 3. The molecular formula is C53H96O6. The van der Waals surface area contributed by atoms with Gasteiger partial charge in [0, 0.05) is 12.8 Å². The minimum Gasteiger partial charge on any atom is -0.462 e. The van der Waals surface area contributed by atoms with Gasteiger partial charge in [-0.2, -0.15) is 0 Å². The normalized spacial score (nSPS) is 12.3. The standard InChI is InChI=1S/C53H96O6/c1-4-7-10-13-16-19-21-23-24-25-26-27-28-30-31-34-37-40-43-46-52(55)58-49-50(48-57-51(54)45-42-39-36-33-18-15-12-9-6-3)59-53(56)47-44-41-38-35-32-29-22-20-17-14-11-8-5-2/h9,12,18,33,39,42,50H,4-8,10-11,13-17,19-32,34-38,40-41,43-49H2,1-3H3/b12-9-,33-18-,42-39-. The molecule has 0 aliphatic heterocycles. The summed E-state index contributed by atoms with van der Waals surface area (Å²) in [5.74, 6) is -1.01. The molecule has 0 spiro atoms. The number of allylic oxidation sites excluding steroid dienone is 5. The molecule has 0 aliphatic carbocycles. The molecule has 6 nitrogen and oxygen atoms in total. The minimum absolute atomic E-state index is 0.0945. The molecule has 0 saturated heterocycles. The van der Waals surface area contributed by atoms with E-state index in [1.807, 2.05) is 6.08 Å². The first-order valence-corrected chi connectivity index (χ1v) is 25.5. The van der Waals surface area contributed by atoms with Crippen LogP contribution in [-0.4, -0.2) is 37.2 Å². The second-order valence-corrected chi connectivity index (χ2v) is 17.1. The molecular weight excluding hydrogens is 733 g/mol. The van der Waals surface area contributed by atoms with Crippen molar-refractivity contribution in [1.29, 1.82) is 0 Å². The van der Waals surface area contributed by atoms with E-state index in [0.717, 1.165) is 57.8 Å². The molecule has 0 N–H and O–H groups in total. The van der Waals surface area contributed by atoms with Gasteiger partial charge < -0.3 is 14.2 Å². The van der Waals surface area contributed by atoms with E-state index in [4.69, 9.17) is 14.2 Å². The molecule has 6 heteroatoms. The van der Waals surface area contributed by atoms with Crippen molar-refractivity contribution in [3.63, 3.8) is 0 Å². The van der Waals surface area contributed by atoms with Gasteiger partial charge in [-0.05, 0) is 32.1 Å². The predicted molar refractivity (Wildman–Crippen MR) is 252 cm³/mol. The van der Waals surface area contributed by atoms with Gasteiger partial charge in [0.05, 0.1) is 6.42 Å². The largest absolute Gasteiger partial charge is 0.462 e. The van der Waals surface area contributed by atoms with Crippen LogP contribution >= 0.6 is 0 Å². The van der Waals surface area contributed by atoms with E-state index in [1.165, 1.54) is 167 Å². The van der Waals surface area contributed by atoms with Crippen LogP contribution in [-0.2, 0) is 28.6 Å². The van der Waals surface area contributed by atoms with Crippen LogP contribution in [0.5, 0.6) is 0 Å². The average Bonchev–Trinajstić information content (AvgIpc) is 3.23. The van der Waals surface area contributed by atoms with Crippen LogP contribution in [0.1, 0.15) is 265 Å². The van der Waals surface area contributed by atoms with E-state index in [2.05, 4.69) is 45.1 Å². The Labute approximate surface area is 365 Å². The summed E-state index contributed by atoms with van der Waals surface area (Å²) in [6, 6.07) is 0. The van der Waals surface area contributed by atoms with Gasteiger partial charge in [-0.25, -0.2) is 0 Å². The first-order chi connectivity index (χ1) is 29.0. The van der Waals surface area contributed by atoms with Crippen molar-refractivity contribution in [2.45, 2.75) is 271 Å². The van der Waals surface area contributed by atoms with E-state index in [-0.39, 0.29) is 31.6 Å². The molecule has 0 aromatic carbocycles. The summed E-state index contributed by atoms with van der Waals surface area (Å²) in [6.45, 7) is 6.45. The van der Waals surface area contributed by atoms with Crippen LogP contribution < -0.4 is 0 Å². The van der Waals surface area contributed by atoms with Crippen molar-refractivity contribution in [3.05, 3.63) is 36.5 Å². The zero-order valence-corrected chi connectivity index (χ0v) is 39.3. The molecule has 0 amide bonds. The van der Waals surface area contributed by atoms with Crippen molar-refractivity contribution in [2.24, 2.45) is 0 Å². The van der Waals surface area contributed by atoms with Gasteiger partial charge >= 0.3 is 17.9 Å². The number of hydrogen-bond acceptors (Lipinski definition) is 6. The molecule has 0 aromatic heterocycles. The Morgan fingerprint density at radius 1 is 0.356 bits per heavy atom. The lowest BCUT2D eigenvalue weighted by atomic mass is 10.0. The Kier molecular flexibility index (Phi) is 46.4. The lowest BCUT2D eigenvalue weighted by Crippen LogP contribution is -2.30. The summed E-state index contributed by atoms with van der Waals surface area (Å²) in [5, 5.41) is 0. The monoisotopic (exact) mass is 829 g/mol. The van der Waals surface area contributed by atoms with E-state index in [0.29, 0.717) is 12.8 Å². The zero-order chi connectivity index (χ0) is 43.0. The van der Waals surface area contributed by atoms with Crippen LogP contribution in [0.15, 0.2) is 36.5 Å². The molecule has 0 bridgehead atoms. The second-order valence-electron chi connectivity index (χ2n) is 17.1. The smallest absolute Gasteiger partial charge is 0.309 e. The topological polar surface area (TPSA) is 78.9 Å². The maximum atomic E-state index is 12.7. The SMILES string of the molecule is CC/C=C\C/C=C\C/C=C\CC(=O)OCC(COC(=O)CCCCCCCCCCCCCCCCCCCCC)OC(=O)CCCCCCCCCCCCCCC. The molecule has 0 saturated carbocycles. The Morgan fingerprint density at radius 2 is 0.661 bits per heavy atom. The number of rotatable bonds is 46. The molecule has 0 radical (unpaired) electrons. The first kappa shape index (κ1) is 56.6. The Bertz CT molecular complexity index is 1000. The fourth-order valence-corrected chi connectivity index (χ4v) is 7.39. The summed E-state index contributed by atoms with van der Waals surface area (Å²) < 4.78 is 16.6. The van der Waals surface area contributed by atoms with Crippen molar-refractivity contribution in [1.82, 2.24) is 0 Å².